The number of fused-ring (bicyclic) bond motifs is 2. The predicted molar refractivity (Wildman–Crippen MR) is 238 cm³/mol. The molecule has 14 heteroatoms. The number of carbonyl (C=O) groups excluding carboxylic acids is 4. The number of amides is 4. The van der Waals surface area contributed by atoms with Crippen LogP contribution >= 0.6 is 0 Å². The zero-order chi connectivity index (χ0) is 43.7. The summed E-state index contributed by atoms with van der Waals surface area (Å²) in [5.74, 6) is 0.884. The zero-order valence-corrected chi connectivity index (χ0v) is 36.0. The fourth-order valence-electron chi connectivity index (χ4n) is 9.23. The van der Waals surface area contributed by atoms with Gasteiger partial charge in [-0.15, -0.1) is 0 Å². The van der Waals surface area contributed by atoms with Crippen LogP contribution in [0.15, 0.2) is 85.2 Å². The molecule has 2 aliphatic rings. The third-order valence-electron chi connectivity index (χ3n) is 12.4. The van der Waals surface area contributed by atoms with Gasteiger partial charge in [-0.2, -0.15) is 0 Å². The van der Waals surface area contributed by atoms with E-state index < -0.39 is 24.3 Å². The highest BCUT2D eigenvalue weighted by Crippen LogP contribution is 2.41. The minimum atomic E-state index is -0.710. The van der Waals surface area contributed by atoms with Crippen molar-refractivity contribution in [3.8, 4) is 33.6 Å². The lowest BCUT2D eigenvalue weighted by Gasteiger charge is -2.30. The number of nitrogens with zero attached hydrogens (tertiary/aromatic N) is 4. The highest BCUT2D eigenvalue weighted by atomic mass is 16.5. The maximum absolute atomic E-state index is 13.8. The first kappa shape index (κ1) is 42.0. The fourth-order valence-corrected chi connectivity index (χ4v) is 9.23. The van der Waals surface area contributed by atoms with Crippen molar-refractivity contribution in [3.63, 3.8) is 0 Å². The van der Waals surface area contributed by atoms with Gasteiger partial charge in [-0.05, 0) is 70.2 Å². The van der Waals surface area contributed by atoms with Crippen LogP contribution in [-0.2, 0) is 19.1 Å². The van der Waals surface area contributed by atoms with Crippen molar-refractivity contribution in [1.82, 2.24) is 40.4 Å². The van der Waals surface area contributed by atoms with E-state index in [4.69, 9.17) is 19.4 Å². The van der Waals surface area contributed by atoms with Crippen molar-refractivity contribution in [2.75, 3.05) is 27.3 Å². The SMILES string of the molecule is COC(=O)NC(C(=O)N1CCCC1c1ncc(-c2cccc3c(-c4cccc5c(-c6cnc(C7CCCN7C(=O)C(NC(=O)OC)C(C)C)[nH]6)cccc45)cccc23)[nH]1)C(C)C. The average Bonchev–Trinajstić information content (AvgIpc) is 4.13. The molecule has 2 fully saturated rings. The van der Waals surface area contributed by atoms with Crippen LogP contribution in [0, 0.1) is 11.8 Å². The topological polar surface area (TPSA) is 175 Å². The molecule has 4 unspecified atom stereocenters. The van der Waals surface area contributed by atoms with E-state index in [0.717, 1.165) is 80.9 Å². The van der Waals surface area contributed by atoms with Gasteiger partial charge in [-0.1, -0.05) is 100 Å². The van der Waals surface area contributed by atoms with Crippen molar-refractivity contribution in [2.24, 2.45) is 11.8 Å². The van der Waals surface area contributed by atoms with E-state index in [-0.39, 0.29) is 35.7 Å². The molecule has 14 nitrogen and oxygen atoms in total. The van der Waals surface area contributed by atoms with E-state index in [1.807, 2.05) is 49.9 Å². The van der Waals surface area contributed by atoms with Crippen molar-refractivity contribution in [2.45, 2.75) is 77.5 Å². The largest absolute Gasteiger partial charge is 0.453 e. The Morgan fingerprint density at radius 1 is 0.581 bits per heavy atom. The summed E-state index contributed by atoms with van der Waals surface area (Å²) in [6.07, 6.45) is 5.61. The van der Waals surface area contributed by atoms with E-state index in [1.54, 1.807) is 0 Å². The Morgan fingerprint density at radius 3 is 1.29 bits per heavy atom. The van der Waals surface area contributed by atoms with Crippen molar-refractivity contribution < 1.29 is 28.7 Å². The molecule has 4 amide bonds. The Hall–Kier alpha value is -6.70. The molecule has 2 aliphatic heterocycles. The Morgan fingerprint density at radius 2 is 0.935 bits per heavy atom. The van der Waals surface area contributed by atoms with Crippen molar-refractivity contribution >= 4 is 45.5 Å². The van der Waals surface area contributed by atoms with E-state index in [9.17, 15) is 19.2 Å². The fraction of sp³-hybridized carbons (Fsp3) is 0.375. The number of nitrogens with one attached hydrogen (secondary N) is 4. The van der Waals surface area contributed by atoms with E-state index in [2.05, 4.69) is 93.4 Å². The van der Waals surface area contributed by atoms with Crippen LogP contribution in [0.3, 0.4) is 0 Å². The van der Waals surface area contributed by atoms with Gasteiger partial charge < -0.3 is 39.9 Å². The number of imidazole rings is 2. The first-order valence-electron chi connectivity index (χ1n) is 21.4. The predicted octanol–water partition coefficient (Wildman–Crippen LogP) is 8.53. The van der Waals surface area contributed by atoms with E-state index in [0.29, 0.717) is 24.7 Å². The number of hydrogen-bond donors (Lipinski definition) is 4. The quantitative estimate of drug-likeness (QED) is 0.100. The van der Waals surface area contributed by atoms with Crippen LogP contribution in [0.4, 0.5) is 9.59 Å². The molecule has 4 heterocycles. The molecular formula is C48H54N8O6. The molecule has 0 bridgehead atoms. The van der Waals surface area contributed by atoms with Gasteiger partial charge >= 0.3 is 12.2 Å². The first-order valence-corrected chi connectivity index (χ1v) is 21.4. The summed E-state index contributed by atoms with van der Waals surface area (Å²) < 4.78 is 9.61. The number of methoxy groups -OCH3 is 2. The summed E-state index contributed by atoms with van der Waals surface area (Å²) in [6, 6.07) is 23.4. The van der Waals surface area contributed by atoms with Crippen LogP contribution in [0.25, 0.3) is 55.2 Å². The monoisotopic (exact) mass is 838 g/mol. The number of alkyl carbamates (subject to hydrolysis) is 2. The van der Waals surface area contributed by atoms with Gasteiger partial charge in [-0.3, -0.25) is 9.59 Å². The number of aromatic nitrogens is 4. The molecule has 6 aromatic rings. The summed E-state index contributed by atoms with van der Waals surface area (Å²) in [5, 5.41) is 9.74. The number of carbonyl (C=O) groups is 4. The molecule has 4 atom stereocenters. The van der Waals surface area contributed by atoms with Gasteiger partial charge in [-0.25, -0.2) is 19.6 Å². The second kappa shape index (κ2) is 17.7. The molecule has 4 aromatic carbocycles. The number of ether oxygens (including phenoxy) is 2. The summed E-state index contributed by atoms with van der Waals surface area (Å²) >= 11 is 0. The number of aromatic amines is 2. The number of likely N-dealkylation sites (tertiary alicyclic amines) is 2. The van der Waals surface area contributed by atoms with Crippen molar-refractivity contribution in [3.05, 3.63) is 96.8 Å². The zero-order valence-electron chi connectivity index (χ0n) is 36.0. The molecule has 4 N–H and O–H groups in total. The van der Waals surface area contributed by atoms with Gasteiger partial charge in [0.15, 0.2) is 0 Å². The van der Waals surface area contributed by atoms with Gasteiger partial charge in [0.1, 0.15) is 23.7 Å². The minimum absolute atomic E-state index is 0.124. The maximum atomic E-state index is 13.8. The third kappa shape index (κ3) is 7.96. The number of benzene rings is 4. The molecule has 322 valence electrons. The second-order valence-electron chi connectivity index (χ2n) is 16.9. The Labute approximate surface area is 360 Å². The highest BCUT2D eigenvalue weighted by molar-refractivity contribution is 6.11. The molecule has 62 heavy (non-hydrogen) atoms. The van der Waals surface area contributed by atoms with Crippen LogP contribution in [0.5, 0.6) is 0 Å². The molecule has 8 rings (SSSR count). The van der Waals surface area contributed by atoms with Crippen LogP contribution in [-0.4, -0.2) is 93.1 Å². The average molecular weight is 839 g/mol. The lowest BCUT2D eigenvalue weighted by molar-refractivity contribution is -0.136. The lowest BCUT2D eigenvalue weighted by atomic mass is 9.90. The summed E-state index contributed by atoms with van der Waals surface area (Å²) in [7, 11) is 2.59. The smallest absolute Gasteiger partial charge is 0.407 e. The van der Waals surface area contributed by atoms with Gasteiger partial charge in [0, 0.05) is 24.2 Å². The molecule has 2 saturated heterocycles. The van der Waals surface area contributed by atoms with Crippen LogP contribution in [0.1, 0.15) is 77.1 Å². The third-order valence-corrected chi connectivity index (χ3v) is 12.4. The second-order valence-corrected chi connectivity index (χ2v) is 16.9. The van der Waals surface area contributed by atoms with Gasteiger partial charge in [0.25, 0.3) is 0 Å². The molecule has 0 aliphatic carbocycles. The molecular weight excluding hydrogens is 785 g/mol. The minimum Gasteiger partial charge on any atom is -0.453 e. The normalized spacial score (nSPS) is 17.5. The summed E-state index contributed by atoms with van der Waals surface area (Å²) in [4.78, 5) is 72.2. The highest BCUT2D eigenvalue weighted by Gasteiger charge is 2.39. The van der Waals surface area contributed by atoms with Crippen molar-refractivity contribution in [1.29, 1.82) is 0 Å². The Kier molecular flexibility index (Phi) is 12.0. The number of hydrogen-bond acceptors (Lipinski definition) is 8. The number of H-pyrrole nitrogens is 2. The van der Waals surface area contributed by atoms with E-state index >= 15 is 0 Å². The lowest BCUT2D eigenvalue weighted by Crippen LogP contribution is -2.51. The van der Waals surface area contributed by atoms with E-state index in [1.165, 1.54) is 14.2 Å². The first-order chi connectivity index (χ1) is 30.0. The molecule has 0 radical (unpaired) electrons. The maximum Gasteiger partial charge on any atom is 0.407 e. The van der Waals surface area contributed by atoms with Crippen LogP contribution in [0.2, 0.25) is 0 Å². The summed E-state index contributed by atoms with van der Waals surface area (Å²) in [6.45, 7) is 8.78. The van der Waals surface area contributed by atoms with Gasteiger partial charge in [0.2, 0.25) is 11.8 Å². The number of rotatable bonds is 11. The molecule has 2 aromatic heterocycles. The molecule has 0 spiro atoms. The Bertz CT molecular complexity index is 2450. The Balaban J connectivity index is 1.08. The standard InChI is InChI=1S/C48H54N8O6/c1-27(2)41(53-47(59)61-5)45(57)55-23-11-21-39(55)43-49-25-37(51-43)35-19-9-15-31-29(13-7-17-33(31)35)30-14-8-18-34-32(30)16-10-20-36(34)38-26-50-44(52-38)40-22-12-24-56(40)46(58)42(28(3)4)54-48(60)62-6/h7-10,13-20,25-28,39-42H,11-12,21-24H2,1-6H3,(H,49,51)(H,50,52)(H,53,59)(H,54,60). The summed E-state index contributed by atoms with van der Waals surface area (Å²) in [5.41, 5.74) is 5.88. The molecule has 0 saturated carbocycles. The van der Waals surface area contributed by atoms with Crippen LogP contribution < -0.4 is 10.6 Å². The van der Waals surface area contributed by atoms with Gasteiger partial charge in [0.05, 0.1) is 50.1 Å².